The topological polar surface area (TPSA) is 801 Å². The highest BCUT2D eigenvalue weighted by atomic mass is 33.1. The molecule has 6 aromatic heterocycles. The van der Waals surface area contributed by atoms with E-state index in [0.717, 1.165) is 21.8 Å². The maximum absolute atomic E-state index is 13.6. The van der Waals surface area contributed by atoms with Gasteiger partial charge in [-0.1, -0.05) is 72.6 Å². The number of aliphatic hydroxyl groups is 2. The molecule has 61 heteroatoms. The van der Waals surface area contributed by atoms with E-state index in [9.17, 15) is 81.8 Å². The average molecular weight is 1860 g/mol. The number of ether oxygens (including phenoxy) is 7. The van der Waals surface area contributed by atoms with E-state index in [2.05, 4.69) is 64.3 Å². The van der Waals surface area contributed by atoms with Gasteiger partial charge in [0.1, 0.15) is 115 Å². The first kappa shape index (κ1) is 95.5. The number of benzene rings is 1. The number of aromatic nitrogens is 12. The predicted molar refractivity (Wildman–Crippen MR) is 426 cm³/mol. The molecule has 53 nitrogen and oxygen atoms in total. The maximum Gasteiger partial charge on any atom is 0.472 e. The van der Waals surface area contributed by atoms with Gasteiger partial charge in [0, 0.05) is 59.4 Å². The lowest BCUT2D eigenvalue weighted by Gasteiger charge is -2.25. The van der Waals surface area contributed by atoms with Gasteiger partial charge in [-0.05, 0) is 61.4 Å². The first-order valence-electron chi connectivity index (χ1n) is 35.6. The molecular formula is C60H85N23O30P4S4. The quantitative estimate of drug-likeness (QED) is 0.00471. The smallest absolute Gasteiger partial charge is 0.455 e. The molecule has 23 N–H and O–H groups in total. The standard InChI is InChI=1S/C34H45N13O16P2S2.C26H40N10O14P2S2/c1-66-67-19(11-39-34(51)57-12-17-2-4-18(5-3-17)44-45-38)6-7-20(35)32(49)62-28-23(61-31(27(28)48)47-16-42-26-29(37)40-15-41-30(26)47)14-59-65(55,56)63-21-10-25(46-9-8-24(36)43-33(46)50)60-22(21)13-58-64(52,53)54;1-53-54-12(7-27)2-3-13(28)25(38)49-21-16(48-24(20(21)37)36-11-33-19-22(30)31-10-32-23(19)36)9-46-52(43,44)50-14-6-18(35-5-4-17(29)34-26(35)39)47-15(14)8-45-51(40,41)42/h2-5,8-9,15-16,19-23,25,27-28,31,48H,6-7,10-14,35H2,1H3,(H,39,51)(H,55,56)(H2,36,43,50)(H2,37,40,41)(H2,52,53,54);4-5,10-16,18,20-21,24,37H,2-3,6-9,27-28H2,1H3,(H,43,44)(H2,29,34,39)(H2,30,31,32)(H2,40,41,42)/t19-,20-,21-,22+,23+,25+,27+,28+,31+;12-,13-,14-,15+,16+,18+,20+,21+,24+/m00/s1. The van der Waals surface area contributed by atoms with Crippen LogP contribution in [0.15, 0.2) is 88.8 Å². The number of esters is 2. The molecule has 2 unspecified atom stereocenters. The zero-order valence-electron chi connectivity index (χ0n) is 63.2. The lowest BCUT2D eigenvalue weighted by molar-refractivity contribution is -0.159. The molecule has 0 radical (unpaired) electrons. The third-order valence-electron chi connectivity index (χ3n) is 18.2. The van der Waals surface area contributed by atoms with E-state index < -0.39 is 185 Å². The third-order valence-corrected chi connectivity index (χ3v) is 25.7. The number of carbonyl (C=O) groups excluding carboxylic acids is 3. The number of nitrogen functional groups attached to an aromatic ring is 4. The van der Waals surface area contributed by atoms with E-state index in [-0.39, 0.29) is 94.9 Å². The van der Waals surface area contributed by atoms with Crippen molar-refractivity contribution in [2.45, 2.75) is 154 Å². The molecule has 0 bridgehead atoms. The number of carbonyl (C=O) groups is 3. The SMILES string of the molecule is CSS[C@@H](CC[C@H](N)C(=O)O[C@H]1[C@@H](O)[C@H](n2cnc3c(N)ncnc32)O[C@@H]1COP(=O)(O)O[C@H]1C[C@H](n2ccc(N)nc2=O)O[C@@H]1COP(=O)(O)O)CNC(=O)OCc1ccc(N=[N+]=[N-])cc1.CSS[C@H](CN)CC[C@H](N)C(=O)O[C@H]1[C@@H](O)[C@H](n2cnc3c(N)ncnc32)O[C@@H]1COP(=O)(O)O[C@H]1C[C@H](n2ccc(N)nc2=O)O[C@@H]1COP(=O)(O)O. The Balaban J connectivity index is 0.000000260. The van der Waals surface area contributed by atoms with E-state index >= 15 is 0 Å². The highest BCUT2D eigenvalue weighted by Gasteiger charge is 2.53. The molecule has 664 valence electrons. The van der Waals surface area contributed by atoms with Gasteiger partial charge in [-0.2, -0.15) is 9.97 Å². The zero-order chi connectivity index (χ0) is 87.8. The van der Waals surface area contributed by atoms with Crippen LogP contribution >= 0.6 is 74.5 Å². The van der Waals surface area contributed by atoms with Gasteiger partial charge in [-0.15, -0.1) is 0 Å². The minimum atomic E-state index is -5.22. The van der Waals surface area contributed by atoms with Crippen molar-refractivity contribution in [3.05, 3.63) is 111 Å². The molecule has 0 saturated carbocycles. The number of nitrogens with two attached hydrogens (primary N) is 7. The molecule has 7 aromatic rings. The molecule has 0 aliphatic carbocycles. The highest BCUT2D eigenvalue weighted by molar-refractivity contribution is 8.77. The molecule has 1 aromatic carbocycles. The number of rotatable bonds is 40. The van der Waals surface area contributed by atoms with Crippen LogP contribution in [0.2, 0.25) is 0 Å². The van der Waals surface area contributed by atoms with Crippen molar-refractivity contribution in [1.29, 1.82) is 0 Å². The highest BCUT2D eigenvalue weighted by Crippen LogP contribution is 2.52. The third kappa shape index (κ3) is 26.4. The molecule has 4 aliphatic heterocycles. The number of nitrogens with one attached hydrogen (secondary N) is 1. The monoisotopic (exact) mass is 1860 g/mol. The van der Waals surface area contributed by atoms with Gasteiger partial charge in [-0.25, -0.2) is 62.5 Å². The number of aliphatic hydroxyl groups excluding tert-OH is 2. The van der Waals surface area contributed by atoms with Crippen LogP contribution in [0.5, 0.6) is 0 Å². The van der Waals surface area contributed by atoms with E-state index in [0.29, 0.717) is 30.6 Å². The molecule has 11 rings (SSSR count). The second-order valence-electron chi connectivity index (χ2n) is 26.5. The van der Waals surface area contributed by atoms with Crippen LogP contribution in [0, 0.1) is 0 Å². The fourth-order valence-corrected chi connectivity index (χ4v) is 18.9. The van der Waals surface area contributed by atoms with Gasteiger partial charge in [0.2, 0.25) is 0 Å². The van der Waals surface area contributed by atoms with Crippen LogP contribution in [0.4, 0.5) is 33.8 Å². The first-order valence-corrected chi connectivity index (χ1v) is 46.9. The second-order valence-corrected chi connectivity index (χ2v) is 37.3. The average Bonchev–Trinajstić information content (AvgIpc) is 1.62. The largest absolute Gasteiger partial charge is 0.472 e. The molecule has 4 saturated heterocycles. The van der Waals surface area contributed by atoms with Crippen molar-refractivity contribution < 1.29 is 133 Å². The van der Waals surface area contributed by atoms with E-state index in [1.807, 2.05) is 12.5 Å². The number of hydrogen-bond donors (Lipinski definition) is 16. The Labute approximate surface area is 698 Å². The molecule has 1 amide bonds. The summed E-state index contributed by atoms with van der Waals surface area (Å²) >= 11 is 0. The molecule has 20 atom stereocenters. The number of fused-ring (bicyclic) bond motifs is 2. The second kappa shape index (κ2) is 42.8. The van der Waals surface area contributed by atoms with Crippen molar-refractivity contribution >= 4 is 144 Å². The van der Waals surface area contributed by atoms with Crippen LogP contribution in [-0.4, -0.2) is 251 Å². The van der Waals surface area contributed by atoms with Crippen molar-refractivity contribution in [3.8, 4) is 0 Å². The summed E-state index contributed by atoms with van der Waals surface area (Å²) in [7, 11) is -14.6. The van der Waals surface area contributed by atoms with Crippen molar-refractivity contribution in [2.75, 3.05) is 75.0 Å². The Morgan fingerprint density at radius 2 is 1.03 bits per heavy atom. The summed E-state index contributed by atoms with van der Waals surface area (Å²) in [6, 6.07) is 6.59. The number of azide groups is 1. The van der Waals surface area contributed by atoms with Gasteiger partial charge < -0.3 is 118 Å². The maximum atomic E-state index is 13.6. The van der Waals surface area contributed by atoms with Gasteiger partial charge in [0.05, 0.1) is 39.1 Å². The summed E-state index contributed by atoms with van der Waals surface area (Å²) in [5.41, 5.74) is 49.7. The Hall–Kier alpha value is -7.72. The van der Waals surface area contributed by atoms with Crippen LogP contribution in [0.1, 0.15) is 69.0 Å². The van der Waals surface area contributed by atoms with E-state index in [1.165, 1.54) is 89.5 Å². The van der Waals surface area contributed by atoms with Crippen LogP contribution < -0.4 is 56.8 Å². The van der Waals surface area contributed by atoms with E-state index in [4.69, 9.17) is 96.9 Å². The number of phosphoric ester groups is 4. The fraction of sp³-hybridized carbons (Fsp3) is 0.550. The summed E-state index contributed by atoms with van der Waals surface area (Å²) in [4.78, 5) is 157. The normalized spacial score (nSPS) is 25.0. The van der Waals surface area contributed by atoms with Gasteiger partial charge in [0.25, 0.3) is 0 Å². The lowest BCUT2D eigenvalue weighted by atomic mass is 10.1. The number of alkyl carbamates (subject to hydrolysis) is 1. The summed E-state index contributed by atoms with van der Waals surface area (Å²) in [5, 5.41) is 29.0. The van der Waals surface area contributed by atoms with Gasteiger partial charge in [0.15, 0.2) is 47.6 Å². The minimum absolute atomic E-state index is 0.00357. The molecule has 121 heavy (non-hydrogen) atoms. The van der Waals surface area contributed by atoms with Crippen LogP contribution in [-0.2, 0) is 94.8 Å². The van der Waals surface area contributed by atoms with Crippen LogP contribution in [0.25, 0.3) is 32.8 Å². The number of nitrogens with zero attached hydrogens (tertiary/aromatic N) is 15. The van der Waals surface area contributed by atoms with Crippen molar-refractivity contribution in [2.24, 2.45) is 22.3 Å². The molecule has 4 aliphatic rings. The Morgan fingerprint density at radius 3 is 1.45 bits per heavy atom. The summed E-state index contributed by atoms with van der Waals surface area (Å²) in [6.45, 7) is -2.94. The summed E-state index contributed by atoms with van der Waals surface area (Å²) in [5.74, 6) is -2.06. The Bertz CT molecular complexity index is 5110. The summed E-state index contributed by atoms with van der Waals surface area (Å²) in [6.07, 6.45) is -9.73. The van der Waals surface area contributed by atoms with Gasteiger partial charge >= 0.3 is 60.7 Å². The number of anilines is 4. The summed E-state index contributed by atoms with van der Waals surface area (Å²) < 4.78 is 125. The lowest BCUT2D eigenvalue weighted by Crippen LogP contribution is -2.43. The number of amides is 1. The Kier molecular flexibility index (Phi) is 33.8. The van der Waals surface area contributed by atoms with Crippen molar-refractivity contribution in [3.63, 3.8) is 0 Å². The Morgan fingerprint density at radius 1 is 0.603 bits per heavy atom. The molecular weight excluding hydrogens is 1770 g/mol. The number of phosphoric acid groups is 4. The fourth-order valence-electron chi connectivity index (χ4n) is 12.4. The van der Waals surface area contributed by atoms with Crippen LogP contribution in [0.3, 0.4) is 0 Å². The molecule has 4 fully saturated rings. The first-order chi connectivity index (χ1) is 57.3. The van der Waals surface area contributed by atoms with E-state index in [1.54, 1.807) is 24.3 Å². The zero-order valence-corrected chi connectivity index (χ0v) is 70.1. The van der Waals surface area contributed by atoms with Crippen molar-refractivity contribution in [1.82, 2.24) is 63.5 Å². The van der Waals surface area contributed by atoms with Gasteiger partial charge in [-0.3, -0.25) is 55.0 Å². The molecule has 0 spiro atoms. The molecule has 10 heterocycles. The minimum Gasteiger partial charge on any atom is -0.455 e. The predicted octanol–water partition coefficient (Wildman–Crippen LogP) is 0.435. The number of hydrogen-bond acceptors (Lipinski definition) is 44. The number of imidazole rings is 2.